The first-order valence-corrected chi connectivity index (χ1v) is 7.36. The minimum absolute atomic E-state index is 0.0899. The molecule has 1 amide bonds. The molecule has 1 aliphatic rings. The Morgan fingerprint density at radius 1 is 1.30 bits per heavy atom. The van der Waals surface area contributed by atoms with Gasteiger partial charge >= 0.3 is 0 Å². The summed E-state index contributed by atoms with van der Waals surface area (Å²) in [6, 6.07) is 5.40. The Bertz CT molecular complexity index is 474. The Morgan fingerprint density at radius 3 is 2.80 bits per heavy atom. The summed E-state index contributed by atoms with van der Waals surface area (Å²) in [5, 5.41) is 3.15. The van der Waals surface area contributed by atoms with E-state index in [4.69, 9.17) is 10.5 Å². The van der Waals surface area contributed by atoms with Crippen LogP contribution in [0.5, 0.6) is 5.75 Å². The van der Waals surface area contributed by atoms with Crippen LogP contribution < -0.4 is 15.8 Å². The predicted octanol–water partition coefficient (Wildman–Crippen LogP) is 2.98. The van der Waals surface area contributed by atoms with Crippen molar-refractivity contribution in [1.82, 2.24) is 5.32 Å². The predicted molar refractivity (Wildman–Crippen MR) is 80.9 cm³/mol. The van der Waals surface area contributed by atoms with Crippen molar-refractivity contribution in [2.45, 2.75) is 45.1 Å². The fourth-order valence-corrected chi connectivity index (χ4v) is 2.86. The number of rotatable bonds is 3. The molecule has 0 heterocycles. The number of ether oxygens (including phenoxy) is 1. The van der Waals surface area contributed by atoms with E-state index >= 15 is 0 Å². The Balaban J connectivity index is 2.12. The van der Waals surface area contributed by atoms with E-state index in [1.54, 1.807) is 25.3 Å². The summed E-state index contributed by atoms with van der Waals surface area (Å²) in [6.45, 7) is 2.22. The van der Waals surface area contributed by atoms with Crippen LogP contribution >= 0.6 is 0 Å². The summed E-state index contributed by atoms with van der Waals surface area (Å²) in [7, 11) is 1.57. The lowest BCUT2D eigenvalue weighted by atomic mass is 9.96. The zero-order valence-corrected chi connectivity index (χ0v) is 12.3. The number of benzene rings is 1. The van der Waals surface area contributed by atoms with Gasteiger partial charge in [-0.3, -0.25) is 4.79 Å². The van der Waals surface area contributed by atoms with Crippen molar-refractivity contribution >= 4 is 11.6 Å². The average molecular weight is 276 g/mol. The molecule has 0 spiro atoms. The van der Waals surface area contributed by atoms with Crippen LogP contribution in [0.25, 0.3) is 0 Å². The fourth-order valence-electron chi connectivity index (χ4n) is 2.86. The van der Waals surface area contributed by atoms with Crippen LogP contribution in [-0.2, 0) is 0 Å². The molecule has 0 aromatic heterocycles. The van der Waals surface area contributed by atoms with Gasteiger partial charge in [-0.05, 0) is 37.0 Å². The third-order valence-electron chi connectivity index (χ3n) is 4.15. The topological polar surface area (TPSA) is 64.3 Å². The van der Waals surface area contributed by atoms with Crippen LogP contribution in [-0.4, -0.2) is 19.1 Å². The maximum atomic E-state index is 12.5. The second kappa shape index (κ2) is 6.64. The molecule has 1 aliphatic carbocycles. The Kier molecular flexibility index (Phi) is 4.88. The highest BCUT2D eigenvalue weighted by Gasteiger charge is 2.23. The molecule has 2 atom stereocenters. The van der Waals surface area contributed by atoms with Gasteiger partial charge in [-0.25, -0.2) is 0 Å². The lowest BCUT2D eigenvalue weighted by molar-refractivity contribution is 0.0918. The number of hydrogen-bond acceptors (Lipinski definition) is 3. The summed E-state index contributed by atoms with van der Waals surface area (Å²) < 4.78 is 5.25. The highest BCUT2D eigenvalue weighted by Crippen LogP contribution is 2.25. The zero-order chi connectivity index (χ0) is 14.5. The first-order chi connectivity index (χ1) is 9.61. The number of hydrogen-bond donors (Lipinski definition) is 2. The van der Waals surface area contributed by atoms with Crippen LogP contribution in [0, 0.1) is 5.92 Å². The minimum atomic E-state index is -0.0899. The molecular weight excluding hydrogens is 252 g/mol. The molecule has 0 saturated heterocycles. The summed E-state index contributed by atoms with van der Waals surface area (Å²) in [6.07, 6.45) is 5.94. The number of amides is 1. The Labute approximate surface area is 120 Å². The number of anilines is 1. The highest BCUT2D eigenvalue weighted by molar-refractivity contribution is 5.98. The molecule has 110 valence electrons. The lowest BCUT2D eigenvalue weighted by Crippen LogP contribution is -2.39. The lowest BCUT2D eigenvalue weighted by Gasteiger charge is -2.23. The fraction of sp³-hybridized carbons (Fsp3) is 0.562. The number of nitrogens with two attached hydrogens (primary N) is 1. The van der Waals surface area contributed by atoms with Crippen molar-refractivity contribution in [2.75, 3.05) is 12.8 Å². The van der Waals surface area contributed by atoms with E-state index in [0.717, 1.165) is 6.42 Å². The van der Waals surface area contributed by atoms with Gasteiger partial charge in [0, 0.05) is 11.7 Å². The van der Waals surface area contributed by atoms with Crippen LogP contribution in [0.3, 0.4) is 0 Å². The van der Waals surface area contributed by atoms with E-state index in [1.807, 2.05) is 0 Å². The van der Waals surface area contributed by atoms with Gasteiger partial charge < -0.3 is 15.8 Å². The Hall–Kier alpha value is -1.71. The summed E-state index contributed by atoms with van der Waals surface area (Å²) >= 11 is 0. The van der Waals surface area contributed by atoms with Crippen molar-refractivity contribution in [3.63, 3.8) is 0 Å². The smallest absolute Gasteiger partial charge is 0.255 e. The number of carbonyl (C=O) groups is 1. The molecule has 2 rings (SSSR count). The first kappa shape index (κ1) is 14.7. The maximum Gasteiger partial charge on any atom is 0.255 e. The highest BCUT2D eigenvalue weighted by atomic mass is 16.5. The Morgan fingerprint density at radius 2 is 2.05 bits per heavy atom. The molecule has 0 bridgehead atoms. The molecule has 4 nitrogen and oxygen atoms in total. The molecule has 2 unspecified atom stereocenters. The van der Waals surface area contributed by atoms with Crippen molar-refractivity contribution < 1.29 is 9.53 Å². The quantitative estimate of drug-likeness (QED) is 0.659. The van der Waals surface area contributed by atoms with E-state index in [2.05, 4.69) is 12.2 Å². The largest absolute Gasteiger partial charge is 0.496 e. The van der Waals surface area contributed by atoms with Crippen LogP contribution in [0.15, 0.2) is 18.2 Å². The van der Waals surface area contributed by atoms with Gasteiger partial charge in [-0.15, -0.1) is 0 Å². The van der Waals surface area contributed by atoms with Crippen LogP contribution in [0.2, 0.25) is 0 Å². The molecule has 0 radical (unpaired) electrons. The molecule has 0 aliphatic heterocycles. The van der Waals surface area contributed by atoms with Crippen molar-refractivity contribution in [2.24, 2.45) is 5.92 Å². The van der Waals surface area contributed by atoms with Gasteiger partial charge in [0.15, 0.2) is 0 Å². The zero-order valence-electron chi connectivity index (χ0n) is 12.3. The third kappa shape index (κ3) is 3.44. The van der Waals surface area contributed by atoms with E-state index in [0.29, 0.717) is 22.9 Å². The molecule has 20 heavy (non-hydrogen) atoms. The second-order valence-corrected chi connectivity index (χ2v) is 5.65. The molecule has 1 fully saturated rings. The van der Waals surface area contributed by atoms with Gasteiger partial charge in [-0.2, -0.15) is 0 Å². The molecule has 3 N–H and O–H groups in total. The van der Waals surface area contributed by atoms with Crippen LogP contribution in [0.4, 0.5) is 5.69 Å². The van der Waals surface area contributed by atoms with E-state index in [-0.39, 0.29) is 11.9 Å². The number of nitrogens with one attached hydrogen (secondary N) is 1. The molecule has 1 aromatic carbocycles. The van der Waals surface area contributed by atoms with Crippen molar-refractivity contribution in [1.29, 1.82) is 0 Å². The monoisotopic (exact) mass is 276 g/mol. The normalized spacial score (nSPS) is 22.9. The second-order valence-electron chi connectivity index (χ2n) is 5.65. The van der Waals surface area contributed by atoms with Gasteiger partial charge in [0.1, 0.15) is 5.75 Å². The molecular formula is C16H24N2O2. The van der Waals surface area contributed by atoms with Gasteiger partial charge in [0.05, 0.1) is 12.7 Å². The third-order valence-corrected chi connectivity index (χ3v) is 4.15. The summed E-state index contributed by atoms with van der Waals surface area (Å²) in [5.41, 5.74) is 6.86. The number of nitrogen functional groups attached to an aromatic ring is 1. The van der Waals surface area contributed by atoms with Gasteiger partial charge in [-0.1, -0.05) is 26.2 Å². The SMILES string of the molecule is COc1ccc(N)cc1C(=O)NC1CCCCCC1C. The number of carbonyl (C=O) groups excluding carboxylic acids is 1. The first-order valence-electron chi connectivity index (χ1n) is 7.36. The van der Waals surface area contributed by atoms with Gasteiger partial charge in [0.2, 0.25) is 0 Å². The van der Waals surface area contributed by atoms with Crippen molar-refractivity contribution in [3.8, 4) is 5.75 Å². The van der Waals surface area contributed by atoms with E-state index in [9.17, 15) is 4.79 Å². The van der Waals surface area contributed by atoms with E-state index in [1.165, 1.54) is 25.7 Å². The van der Waals surface area contributed by atoms with Gasteiger partial charge in [0.25, 0.3) is 5.91 Å². The summed E-state index contributed by atoms with van der Waals surface area (Å²) in [4.78, 5) is 12.5. The molecule has 1 aromatic rings. The standard InChI is InChI=1S/C16H24N2O2/c1-11-6-4-3-5-7-14(11)18-16(19)13-10-12(17)8-9-15(13)20-2/h8-11,14H,3-7,17H2,1-2H3,(H,18,19). The van der Waals surface area contributed by atoms with E-state index < -0.39 is 0 Å². The average Bonchev–Trinajstić information content (AvgIpc) is 2.64. The number of methoxy groups -OCH3 is 1. The maximum absolute atomic E-state index is 12.5. The molecule has 1 saturated carbocycles. The summed E-state index contributed by atoms with van der Waals surface area (Å²) in [5.74, 6) is 0.999. The molecule has 4 heteroatoms. The van der Waals surface area contributed by atoms with Crippen LogP contribution in [0.1, 0.15) is 49.4 Å². The van der Waals surface area contributed by atoms with Crippen molar-refractivity contribution in [3.05, 3.63) is 23.8 Å². The minimum Gasteiger partial charge on any atom is -0.496 e.